The van der Waals surface area contributed by atoms with Gasteiger partial charge in [-0.3, -0.25) is 4.90 Å². The highest BCUT2D eigenvalue weighted by molar-refractivity contribution is 5.52. The number of aromatic nitrogens is 2. The number of likely N-dealkylation sites (tertiary alicyclic amines) is 2. The van der Waals surface area contributed by atoms with Crippen LogP contribution in [0.2, 0.25) is 0 Å². The topological polar surface area (TPSA) is 45.4 Å². The Balaban J connectivity index is 1.48. The Kier molecular flexibility index (Phi) is 4.38. The fourth-order valence-electron chi connectivity index (χ4n) is 4.50. The third-order valence-corrected chi connectivity index (χ3v) is 6.09. The monoisotopic (exact) mass is 340 g/mol. The van der Waals surface area contributed by atoms with Gasteiger partial charge in [0, 0.05) is 18.2 Å². The number of benzene rings is 1. The molecule has 3 heterocycles. The van der Waals surface area contributed by atoms with Crippen LogP contribution in [0.4, 0.5) is 0 Å². The van der Waals surface area contributed by atoms with Crippen LogP contribution >= 0.6 is 0 Å². The van der Waals surface area contributed by atoms with E-state index in [-0.39, 0.29) is 6.04 Å². The number of nitrogens with zero attached hydrogens (tertiary/aromatic N) is 4. The van der Waals surface area contributed by atoms with Crippen LogP contribution in [-0.2, 0) is 0 Å². The van der Waals surface area contributed by atoms with Crippen LogP contribution in [0.25, 0.3) is 11.5 Å². The van der Waals surface area contributed by atoms with Gasteiger partial charge in [0.15, 0.2) is 5.82 Å². The molecule has 5 nitrogen and oxygen atoms in total. The van der Waals surface area contributed by atoms with Crippen molar-refractivity contribution in [1.82, 2.24) is 19.9 Å². The molecule has 1 spiro atoms. The molecule has 2 saturated heterocycles. The van der Waals surface area contributed by atoms with Crippen molar-refractivity contribution in [2.75, 3.05) is 26.7 Å². The molecule has 2 aliphatic heterocycles. The molecule has 1 aromatic heterocycles. The molecule has 134 valence electrons. The summed E-state index contributed by atoms with van der Waals surface area (Å²) in [5, 5.41) is 4.31. The van der Waals surface area contributed by atoms with Gasteiger partial charge in [-0.2, -0.15) is 4.98 Å². The standard InChI is InChI=1S/C20H28N4O/c1-15(2)24-11-9-20(10-12-24)13-17(23(3)14-20)18-21-19(25-22-18)16-7-5-4-6-8-16/h4-8,15,17H,9-14H2,1-3H3. The second kappa shape index (κ2) is 6.54. The average molecular weight is 340 g/mol. The van der Waals surface area contributed by atoms with E-state index >= 15 is 0 Å². The van der Waals surface area contributed by atoms with Crippen LogP contribution in [0, 0.1) is 5.41 Å². The highest BCUT2D eigenvalue weighted by Gasteiger charge is 2.46. The summed E-state index contributed by atoms with van der Waals surface area (Å²) in [6.07, 6.45) is 3.69. The Labute approximate surface area is 150 Å². The maximum absolute atomic E-state index is 5.54. The Hall–Kier alpha value is -1.72. The molecule has 1 unspecified atom stereocenters. The maximum atomic E-state index is 5.54. The molecule has 2 fully saturated rings. The van der Waals surface area contributed by atoms with E-state index in [9.17, 15) is 0 Å². The Morgan fingerprint density at radius 2 is 1.88 bits per heavy atom. The summed E-state index contributed by atoms with van der Waals surface area (Å²) in [4.78, 5) is 9.72. The molecule has 0 radical (unpaired) electrons. The second-order valence-corrected chi connectivity index (χ2v) is 8.09. The van der Waals surface area contributed by atoms with Gasteiger partial charge < -0.3 is 9.42 Å². The first-order valence-electron chi connectivity index (χ1n) is 9.40. The predicted molar refractivity (Wildman–Crippen MR) is 98.1 cm³/mol. The molecule has 0 bridgehead atoms. The van der Waals surface area contributed by atoms with Crippen LogP contribution in [-0.4, -0.2) is 52.7 Å². The third-order valence-electron chi connectivity index (χ3n) is 6.09. The molecule has 0 amide bonds. The smallest absolute Gasteiger partial charge is 0.257 e. The molecule has 1 aromatic carbocycles. The van der Waals surface area contributed by atoms with E-state index in [0.717, 1.165) is 24.4 Å². The van der Waals surface area contributed by atoms with E-state index < -0.39 is 0 Å². The summed E-state index contributed by atoms with van der Waals surface area (Å²) in [5.74, 6) is 1.46. The summed E-state index contributed by atoms with van der Waals surface area (Å²) in [6.45, 7) is 8.15. The molecule has 5 heteroatoms. The van der Waals surface area contributed by atoms with E-state index in [4.69, 9.17) is 9.51 Å². The molecule has 0 N–H and O–H groups in total. The normalized spacial score (nSPS) is 24.4. The van der Waals surface area contributed by atoms with Gasteiger partial charge in [0.25, 0.3) is 5.89 Å². The molecule has 0 saturated carbocycles. The van der Waals surface area contributed by atoms with Gasteiger partial charge in [0.1, 0.15) is 0 Å². The highest BCUT2D eigenvalue weighted by atomic mass is 16.5. The fourth-order valence-corrected chi connectivity index (χ4v) is 4.50. The van der Waals surface area contributed by atoms with Crippen molar-refractivity contribution < 1.29 is 4.52 Å². The lowest BCUT2D eigenvalue weighted by molar-refractivity contribution is 0.0890. The van der Waals surface area contributed by atoms with E-state index in [1.165, 1.54) is 25.9 Å². The van der Waals surface area contributed by atoms with Crippen molar-refractivity contribution >= 4 is 0 Å². The van der Waals surface area contributed by atoms with Crippen molar-refractivity contribution in [3.05, 3.63) is 36.2 Å². The molecule has 0 aliphatic carbocycles. The van der Waals surface area contributed by atoms with Crippen molar-refractivity contribution in [1.29, 1.82) is 0 Å². The van der Waals surface area contributed by atoms with Gasteiger partial charge in [0.2, 0.25) is 0 Å². The van der Waals surface area contributed by atoms with Crippen molar-refractivity contribution in [3.63, 3.8) is 0 Å². The second-order valence-electron chi connectivity index (χ2n) is 8.09. The molecule has 1 atom stereocenters. The minimum absolute atomic E-state index is 0.270. The minimum Gasteiger partial charge on any atom is -0.334 e. The number of rotatable bonds is 3. The van der Waals surface area contributed by atoms with Gasteiger partial charge in [-0.25, -0.2) is 0 Å². The van der Waals surface area contributed by atoms with Crippen LogP contribution < -0.4 is 0 Å². The zero-order valence-corrected chi connectivity index (χ0v) is 15.5. The zero-order valence-electron chi connectivity index (χ0n) is 15.5. The SMILES string of the molecule is CC(C)N1CCC2(CC1)CC(c1noc(-c3ccccc3)n1)N(C)C2. The van der Waals surface area contributed by atoms with Crippen molar-refractivity contribution in [3.8, 4) is 11.5 Å². The van der Waals surface area contributed by atoms with Gasteiger partial charge in [-0.1, -0.05) is 23.4 Å². The highest BCUT2D eigenvalue weighted by Crippen LogP contribution is 2.48. The summed E-state index contributed by atoms with van der Waals surface area (Å²) < 4.78 is 5.54. The van der Waals surface area contributed by atoms with E-state index in [2.05, 4.69) is 35.9 Å². The summed E-state index contributed by atoms with van der Waals surface area (Å²) in [6, 6.07) is 10.9. The van der Waals surface area contributed by atoms with Gasteiger partial charge >= 0.3 is 0 Å². The fraction of sp³-hybridized carbons (Fsp3) is 0.600. The number of hydrogen-bond acceptors (Lipinski definition) is 5. The molecular formula is C20H28N4O. The van der Waals surface area contributed by atoms with Crippen LogP contribution in [0.5, 0.6) is 0 Å². The molecule has 25 heavy (non-hydrogen) atoms. The van der Waals surface area contributed by atoms with Crippen molar-refractivity contribution in [2.24, 2.45) is 5.41 Å². The van der Waals surface area contributed by atoms with Crippen molar-refractivity contribution in [2.45, 2.75) is 45.2 Å². The number of piperidine rings is 1. The summed E-state index contributed by atoms with van der Waals surface area (Å²) in [5.41, 5.74) is 1.40. The van der Waals surface area contributed by atoms with Gasteiger partial charge in [0.05, 0.1) is 6.04 Å². The lowest BCUT2D eigenvalue weighted by Crippen LogP contribution is -2.44. The van der Waals surface area contributed by atoms with Crippen LogP contribution in [0.15, 0.2) is 34.9 Å². The van der Waals surface area contributed by atoms with Crippen LogP contribution in [0.1, 0.15) is 45.0 Å². The quantitative estimate of drug-likeness (QED) is 0.854. The molecule has 2 aliphatic rings. The van der Waals surface area contributed by atoms with Crippen LogP contribution in [0.3, 0.4) is 0 Å². The first-order valence-corrected chi connectivity index (χ1v) is 9.40. The number of hydrogen-bond donors (Lipinski definition) is 0. The first-order chi connectivity index (χ1) is 12.1. The Morgan fingerprint density at radius 1 is 1.16 bits per heavy atom. The van der Waals surface area contributed by atoms with Gasteiger partial charge in [-0.15, -0.1) is 0 Å². The van der Waals surface area contributed by atoms with E-state index in [0.29, 0.717) is 17.3 Å². The summed E-state index contributed by atoms with van der Waals surface area (Å²) in [7, 11) is 2.20. The van der Waals surface area contributed by atoms with E-state index in [1.807, 2.05) is 30.3 Å². The summed E-state index contributed by atoms with van der Waals surface area (Å²) >= 11 is 0. The average Bonchev–Trinajstić information content (AvgIpc) is 3.21. The zero-order chi connectivity index (χ0) is 17.4. The third kappa shape index (κ3) is 3.23. The predicted octanol–water partition coefficient (Wildman–Crippen LogP) is 3.60. The molecule has 2 aromatic rings. The Morgan fingerprint density at radius 3 is 2.56 bits per heavy atom. The maximum Gasteiger partial charge on any atom is 0.257 e. The molecule has 4 rings (SSSR count). The largest absolute Gasteiger partial charge is 0.334 e. The lowest BCUT2D eigenvalue weighted by Gasteiger charge is -2.41. The molecular weight excluding hydrogens is 312 g/mol. The Bertz CT molecular complexity index is 703. The van der Waals surface area contributed by atoms with Gasteiger partial charge in [-0.05, 0) is 70.8 Å². The lowest BCUT2D eigenvalue weighted by atomic mass is 9.76. The first kappa shape index (κ1) is 16.7. The minimum atomic E-state index is 0.270. The van der Waals surface area contributed by atoms with E-state index in [1.54, 1.807) is 0 Å².